The molecule has 1 aliphatic heterocycles. The Balaban J connectivity index is 1.07. The van der Waals surface area contributed by atoms with Crippen LogP contribution in [0.3, 0.4) is 0 Å². The van der Waals surface area contributed by atoms with Crippen molar-refractivity contribution in [3.63, 3.8) is 0 Å². The number of rotatable bonds is 4. The molecule has 2 amide bonds. The minimum Gasteiger partial charge on any atom is -0.343 e. The van der Waals surface area contributed by atoms with Crippen LogP contribution in [0.25, 0.3) is 0 Å². The molecule has 1 unspecified atom stereocenters. The van der Waals surface area contributed by atoms with Crippen LogP contribution in [0.2, 0.25) is 0 Å². The summed E-state index contributed by atoms with van der Waals surface area (Å²) in [6, 6.07) is 8.90. The van der Waals surface area contributed by atoms with Crippen LogP contribution in [-0.4, -0.2) is 51.5 Å². The average Bonchev–Trinajstić information content (AvgIpc) is 3.22. The number of carbonyl (C=O) groups excluding carboxylic acids is 1. The van der Waals surface area contributed by atoms with Crippen molar-refractivity contribution in [2.75, 3.05) is 24.5 Å². The number of anilines is 1. The SMILES string of the molecule is Cc1ccc(Cc2nsc(N3CCN(C(=O)NC45CC6CC(CC(C6)C4)C5)C(C)C3)n2)cc1. The molecule has 1 atom stereocenters. The summed E-state index contributed by atoms with van der Waals surface area (Å²) >= 11 is 1.48. The minimum atomic E-state index is 0.0762. The van der Waals surface area contributed by atoms with Crippen molar-refractivity contribution in [1.29, 1.82) is 0 Å². The molecule has 33 heavy (non-hydrogen) atoms. The van der Waals surface area contributed by atoms with E-state index in [0.717, 1.165) is 54.8 Å². The first-order valence-electron chi connectivity index (χ1n) is 12.7. The van der Waals surface area contributed by atoms with Crippen LogP contribution < -0.4 is 10.2 Å². The molecule has 4 saturated carbocycles. The molecule has 4 aliphatic carbocycles. The van der Waals surface area contributed by atoms with Gasteiger partial charge in [-0.1, -0.05) is 29.8 Å². The summed E-state index contributed by atoms with van der Waals surface area (Å²) in [7, 11) is 0. The molecule has 0 spiro atoms. The molecule has 1 saturated heterocycles. The monoisotopic (exact) mass is 465 g/mol. The summed E-state index contributed by atoms with van der Waals surface area (Å²) < 4.78 is 4.61. The first-order valence-corrected chi connectivity index (χ1v) is 13.4. The van der Waals surface area contributed by atoms with Crippen LogP contribution in [0, 0.1) is 24.7 Å². The number of urea groups is 1. The number of aromatic nitrogens is 2. The van der Waals surface area contributed by atoms with Crippen molar-refractivity contribution in [2.24, 2.45) is 17.8 Å². The van der Waals surface area contributed by atoms with E-state index in [4.69, 9.17) is 4.98 Å². The highest BCUT2D eigenvalue weighted by Crippen LogP contribution is 2.55. The van der Waals surface area contributed by atoms with Gasteiger partial charge in [0.05, 0.1) is 0 Å². The maximum absolute atomic E-state index is 13.3. The summed E-state index contributed by atoms with van der Waals surface area (Å²) in [6.45, 7) is 6.64. The van der Waals surface area contributed by atoms with Crippen LogP contribution in [0.5, 0.6) is 0 Å². The number of nitrogens with one attached hydrogen (secondary N) is 1. The summed E-state index contributed by atoms with van der Waals surface area (Å²) in [4.78, 5) is 22.5. The summed E-state index contributed by atoms with van der Waals surface area (Å²) in [5, 5.41) is 4.53. The van der Waals surface area contributed by atoms with Gasteiger partial charge in [0, 0.05) is 49.2 Å². The van der Waals surface area contributed by atoms with Crippen molar-refractivity contribution < 1.29 is 4.79 Å². The van der Waals surface area contributed by atoms with Gasteiger partial charge in [-0.2, -0.15) is 4.37 Å². The number of nitrogens with zero attached hydrogens (tertiary/aromatic N) is 4. The maximum atomic E-state index is 13.3. The number of benzene rings is 1. The van der Waals surface area contributed by atoms with Crippen molar-refractivity contribution in [3.05, 3.63) is 41.2 Å². The first kappa shape index (κ1) is 21.4. The van der Waals surface area contributed by atoms with Crippen LogP contribution >= 0.6 is 11.5 Å². The highest BCUT2D eigenvalue weighted by Gasteiger charge is 2.52. The van der Waals surface area contributed by atoms with Gasteiger partial charge in [0.25, 0.3) is 0 Å². The van der Waals surface area contributed by atoms with Crippen molar-refractivity contribution in [1.82, 2.24) is 19.6 Å². The fourth-order valence-corrected chi connectivity index (χ4v) is 8.05. The standard InChI is InChI=1S/C26H35N5OS/c1-17-3-5-19(6-4-17)12-23-27-25(33-29-23)30-7-8-31(18(2)16-30)24(32)28-26-13-20-9-21(14-26)11-22(10-20)15-26/h3-6,18,20-22H,7-16H2,1-2H3,(H,28,32). The second-order valence-electron chi connectivity index (χ2n) is 11.3. The van der Waals surface area contributed by atoms with Gasteiger partial charge in [-0.3, -0.25) is 0 Å². The van der Waals surface area contributed by atoms with E-state index in [2.05, 4.69) is 57.6 Å². The molecule has 0 radical (unpaired) electrons. The molecule has 6 nitrogen and oxygen atoms in total. The third-order valence-electron chi connectivity index (χ3n) is 8.51. The lowest BCUT2D eigenvalue weighted by molar-refractivity contribution is -0.0164. The fraction of sp³-hybridized carbons (Fsp3) is 0.654. The van der Waals surface area contributed by atoms with E-state index in [1.165, 1.54) is 61.2 Å². The number of hydrogen-bond acceptors (Lipinski definition) is 5. The predicted molar refractivity (Wildman–Crippen MR) is 132 cm³/mol. The molecule has 1 N–H and O–H groups in total. The van der Waals surface area contributed by atoms with Crippen LogP contribution in [-0.2, 0) is 6.42 Å². The average molecular weight is 466 g/mol. The molecule has 1 aromatic heterocycles. The Labute approximate surface area is 200 Å². The maximum Gasteiger partial charge on any atom is 0.318 e. The topological polar surface area (TPSA) is 61.4 Å². The van der Waals surface area contributed by atoms with Crippen LogP contribution in [0.1, 0.15) is 62.4 Å². The second-order valence-corrected chi connectivity index (χ2v) is 12.0. The van der Waals surface area contributed by atoms with E-state index in [9.17, 15) is 4.79 Å². The zero-order valence-electron chi connectivity index (χ0n) is 19.8. The Morgan fingerprint density at radius 3 is 2.39 bits per heavy atom. The zero-order valence-corrected chi connectivity index (χ0v) is 20.6. The predicted octanol–water partition coefficient (Wildman–Crippen LogP) is 4.63. The van der Waals surface area contributed by atoms with Gasteiger partial charge in [-0.25, -0.2) is 9.78 Å². The largest absolute Gasteiger partial charge is 0.343 e. The Kier molecular flexibility index (Phi) is 5.35. The van der Waals surface area contributed by atoms with Gasteiger partial charge < -0.3 is 15.1 Å². The number of hydrogen-bond donors (Lipinski definition) is 1. The van der Waals surface area contributed by atoms with E-state index < -0.39 is 0 Å². The van der Waals surface area contributed by atoms with Crippen LogP contribution in [0.15, 0.2) is 24.3 Å². The van der Waals surface area contributed by atoms with Gasteiger partial charge in [0.1, 0.15) is 5.82 Å². The molecular formula is C26H35N5OS. The van der Waals surface area contributed by atoms with Gasteiger partial charge in [0.15, 0.2) is 0 Å². The lowest BCUT2D eigenvalue weighted by Crippen LogP contribution is -2.64. The Bertz CT molecular complexity index is 983. The fourth-order valence-electron chi connectivity index (χ4n) is 7.33. The number of aryl methyl sites for hydroxylation is 1. The molecular weight excluding hydrogens is 430 g/mol. The normalized spacial score (nSPS) is 32.9. The summed E-state index contributed by atoms with van der Waals surface area (Å²) in [5.41, 5.74) is 2.58. The zero-order chi connectivity index (χ0) is 22.6. The smallest absolute Gasteiger partial charge is 0.318 e. The van der Waals surface area contributed by atoms with Crippen molar-refractivity contribution in [3.8, 4) is 0 Å². The number of amides is 2. The van der Waals surface area contributed by atoms with Crippen molar-refractivity contribution in [2.45, 2.75) is 70.4 Å². The molecule has 4 bridgehead atoms. The quantitative estimate of drug-likeness (QED) is 0.715. The molecule has 176 valence electrons. The second kappa shape index (κ2) is 8.26. The lowest BCUT2D eigenvalue weighted by atomic mass is 9.53. The summed E-state index contributed by atoms with van der Waals surface area (Å²) in [6.07, 6.45) is 8.57. The summed E-state index contributed by atoms with van der Waals surface area (Å²) in [5.74, 6) is 3.42. The Hall–Kier alpha value is -2.15. The van der Waals surface area contributed by atoms with E-state index in [1.807, 2.05) is 0 Å². The number of carbonyl (C=O) groups is 1. The Morgan fingerprint density at radius 2 is 1.76 bits per heavy atom. The van der Waals surface area contributed by atoms with Gasteiger partial charge >= 0.3 is 6.03 Å². The lowest BCUT2D eigenvalue weighted by Gasteiger charge is -2.57. The van der Waals surface area contributed by atoms with Gasteiger partial charge in [-0.05, 0) is 75.7 Å². The number of piperazine rings is 1. The Morgan fingerprint density at radius 1 is 1.09 bits per heavy atom. The first-order chi connectivity index (χ1) is 15.9. The third-order valence-corrected chi connectivity index (χ3v) is 9.32. The van der Waals surface area contributed by atoms with Gasteiger partial charge in [-0.15, -0.1) is 0 Å². The minimum absolute atomic E-state index is 0.0762. The molecule has 2 aromatic rings. The highest BCUT2D eigenvalue weighted by molar-refractivity contribution is 7.09. The molecule has 7 rings (SSSR count). The van der Waals surface area contributed by atoms with E-state index in [1.54, 1.807) is 0 Å². The molecule has 7 heteroatoms. The van der Waals surface area contributed by atoms with E-state index in [-0.39, 0.29) is 17.6 Å². The van der Waals surface area contributed by atoms with Crippen molar-refractivity contribution >= 4 is 22.7 Å². The molecule has 5 fully saturated rings. The van der Waals surface area contributed by atoms with Crippen LogP contribution in [0.4, 0.5) is 9.93 Å². The van der Waals surface area contributed by atoms with E-state index in [0.29, 0.717) is 0 Å². The van der Waals surface area contributed by atoms with Gasteiger partial charge in [0.2, 0.25) is 5.13 Å². The third kappa shape index (κ3) is 4.25. The highest BCUT2D eigenvalue weighted by atomic mass is 32.1. The van der Waals surface area contributed by atoms with E-state index >= 15 is 0 Å². The molecule has 2 heterocycles. The molecule has 5 aliphatic rings. The molecule has 1 aromatic carbocycles.